The monoisotopic (exact) mass is 338 g/mol. The summed E-state index contributed by atoms with van der Waals surface area (Å²) in [4.78, 5) is 14.1. The van der Waals surface area contributed by atoms with Crippen LogP contribution in [0.3, 0.4) is 0 Å². The third-order valence-corrected chi connectivity index (χ3v) is 3.72. The first-order valence-electron chi connectivity index (χ1n) is 7.33. The van der Waals surface area contributed by atoms with Crippen LogP contribution in [0.25, 0.3) is 0 Å². The highest BCUT2D eigenvalue weighted by Crippen LogP contribution is 2.20. The summed E-state index contributed by atoms with van der Waals surface area (Å²) in [6.07, 6.45) is 0. The van der Waals surface area contributed by atoms with Gasteiger partial charge in [0.25, 0.3) is 5.91 Å². The SMILES string of the molecule is CN(c1ccccc1)c1ccc(C(=O)Nc2ccc(Cl)cc2)nn1. The number of rotatable bonds is 4. The minimum atomic E-state index is -0.321. The van der Waals surface area contributed by atoms with Crippen molar-refractivity contribution in [3.63, 3.8) is 0 Å². The van der Waals surface area contributed by atoms with Crippen LogP contribution in [0.2, 0.25) is 5.02 Å². The van der Waals surface area contributed by atoms with Gasteiger partial charge in [0.1, 0.15) is 0 Å². The number of para-hydroxylation sites is 1. The topological polar surface area (TPSA) is 58.1 Å². The number of carbonyl (C=O) groups excluding carboxylic acids is 1. The molecule has 120 valence electrons. The summed E-state index contributed by atoms with van der Waals surface area (Å²) in [5.41, 5.74) is 1.89. The molecule has 1 amide bonds. The van der Waals surface area contributed by atoms with Gasteiger partial charge in [0, 0.05) is 23.4 Å². The van der Waals surface area contributed by atoms with Gasteiger partial charge in [-0.25, -0.2) is 0 Å². The lowest BCUT2D eigenvalue weighted by molar-refractivity contribution is 0.102. The van der Waals surface area contributed by atoms with Crippen molar-refractivity contribution in [1.29, 1.82) is 0 Å². The van der Waals surface area contributed by atoms with Crippen LogP contribution in [0.15, 0.2) is 66.7 Å². The van der Waals surface area contributed by atoms with E-state index in [0.717, 1.165) is 5.69 Å². The van der Waals surface area contributed by atoms with Crippen molar-refractivity contribution in [3.8, 4) is 0 Å². The molecule has 1 aromatic heterocycles. The molecule has 0 aliphatic heterocycles. The summed E-state index contributed by atoms with van der Waals surface area (Å²) in [5.74, 6) is 0.336. The van der Waals surface area contributed by atoms with E-state index in [0.29, 0.717) is 16.5 Å². The van der Waals surface area contributed by atoms with E-state index in [9.17, 15) is 4.79 Å². The van der Waals surface area contributed by atoms with Crippen LogP contribution in [0.4, 0.5) is 17.2 Å². The number of anilines is 3. The molecule has 1 heterocycles. The fourth-order valence-corrected chi connectivity index (χ4v) is 2.26. The number of aromatic nitrogens is 2. The highest BCUT2D eigenvalue weighted by atomic mass is 35.5. The molecule has 24 heavy (non-hydrogen) atoms. The van der Waals surface area contributed by atoms with Crippen LogP contribution in [-0.2, 0) is 0 Å². The van der Waals surface area contributed by atoms with E-state index in [-0.39, 0.29) is 11.6 Å². The van der Waals surface area contributed by atoms with Gasteiger partial charge in [0.05, 0.1) is 0 Å². The largest absolute Gasteiger partial charge is 0.328 e. The van der Waals surface area contributed by atoms with Gasteiger partial charge in [-0.1, -0.05) is 29.8 Å². The van der Waals surface area contributed by atoms with Crippen molar-refractivity contribution in [2.24, 2.45) is 0 Å². The molecule has 0 unspecified atom stereocenters. The normalized spacial score (nSPS) is 10.2. The van der Waals surface area contributed by atoms with Crippen LogP contribution >= 0.6 is 11.6 Å². The number of hydrogen-bond acceptors (Lipinski definition) is 4. The molecule has 3 rings (SSSR count). The Bertz CT molecular complexity index is 820. The Labute approximate surface area is 144 Å². The number of nitrogens with zero attached hydrogens (tertiary/aromatic N) is 3. The number of nitrogens with one attached hydrogen (secondary N) is 1. The van der Waals surface area contributed by atoms with Gasteiger partial charge in [-0.05, 0) is 48.5 Å². The molecule has 0 spiro atoms. The van der Waals surface area contributed by atoms with Crippen molar-refractivity contribution in [2.75, 3.05) is 17.3 Å². The molecule has 0 atom stereocenters. The molecule has 0 radical (unpaired) electrons. The summed E-state index contributed by atoms with van der Waals surface area (Å²) in [6, 6.07) is 20.1. The maximum atomic E-state index is 12.2. The zero-order chi connectivity index (χ0) is 16.9. The maximum absolute atomic E-state index is 12.2. The van der Waals surface area contributed by atoms with Crippen molar-refractivity contribution >= 4 is 34.7 Å². The van der Waals surface area contributed by atoms with Gasteiger partial charge < -0.3 is 10.2 Å². The van der Waals surface area contributed by atoms with E-state index in [1.807, 2.05) is 42.3 Å². The van der Waals surface area contributed by atoms with Crippen LogP contribution in [0, 0.1) is 0 Å². The molecule has 1 N–H and O–H groups in total. The van der Waals surface area contributed by atoms with E-state index < -0.39 is 0 Å². The van der Waals surface area contributed by atoms with Gasteiger partial charge in [-0.3, -0.25) is 4.79 Å². The first-order chi connectivity index (χ1) is 11.6. The predicted octanol–water partition coefficient (Wildman–Crippen LogP) is 4.15. The van der Waals surface area contributed by atoms with Gasteiger partial charge in [0.15, 0.2) is 11.5 Å². The van der Waals surface area contributed by atoms with Gasteiger partial charge in [-0.2, -0.15) is 0 Å². The second-order valence-corrected chi connectivity index (χ2v) is 5.57. The molecule has 6 heteroatoms. The third kappa shape index (κ3) is 3.70. The minimum Gasteiger partial charge on any atom is -0.328 e. The summed E-state index contributed by atoms with van der Waals surface area (Å²) in [5, 5.41) is 11.5. The Balaban J connectivity index is 1.72. The molecule has 0 fully saturated rings. The summed E-state index contributed by atoms with van der Waals surface area (Å²) in [6.45, 7) is 0. The Morgan fingerprint density at radius 3 is 2.29 bits per heavy atom. The van der Waals surface area contributed by atoms with E-state index in [2.05, 4.69) is 15.5 Å². The lowest BCUT2D eigenvalue weighted by Gasteiger charge is -2.17. The molecule has 2 aromatic carbocycles. The van der Waals surface area contributed by atoms with Crippen molar-refractivity contribution < 1.29 is 4.79 Å². The van der Waals surface area contributed by atoms with Gasteiger partial charge in [0.2, 0.25) is 0 Å². The average Bonchev–Trinajstić information content (AvgIpc) is 2.64. The summed E-state index contributed by atoms with van der Waals surface area (Å²) < 4.78 is 0. The summed E-state index contributed by atoms with van der Waals surface area (Å²) in [7, 11) is 1.90. The van der Waals surface area contributed by atoms with Crippen molar-refractivity contribution in [1.82, 2.24) is 10.2 Å². The Kier molecular flexibility index (Phi) is 4.72. The molecular weight excluding hydrogens is 324 g/mol. The quantitative estimate of drug-likeness (QED) is 0.776. The zero-order valence-corrected chi connectivity index (χ0v) is 13.7. The fraction of sp³-hybridized carbons (Fsp3) is 0.0556. The second-order valence-electron chi connectivity index (χ2n) is 5.13. The molecule has 5 nitrogen and oxygen atoms in total. The molecule has 0 bridgehead atoms. The number of carbonyl (C=O) groups is 1. The highest BCUT2D eigenvalue weighted by Gasteiger charge is 2.11. The predicted molar refractivity (Wildman–Crippen MR) is 95.9 cm³/mol. The summed E-state index contributed by atoms with van der Waals surface area (Å²) >= 11 is 5.82. The zero-order valence-electron chi connectivity index (χ0n) is 13.0. The fourth-order valence-electron chi connectivity index (χ4n) is 2.14. The van der Waals surface area contributed by atoms with E-state index in [4.69, 9.17) is 11.6 Å². The average molecular weight is 339 g/mol. The Morgan fingerprint density at radius 2 is 1.67 bits per heavy atom. The molecule has 0 saturated carbocycles. The van der Waals surface area contributed by atoms with Crippen LogP contribution in [-0.4, -0.2) is 23.2 Å². The van der Waals surface area contributed by atoms with E-state index in [1.54, 1.807) is 36.4 Å². The Morgan fingerprint density at radius 1 is 0.958 bits per heavy atom. The maximum Gasteiger partial charge on any atom is 0.276 e. The first kappa shape index (κ1) is 16.0. The number of amides is 1. The molecule has 3 aromatic rings. The number of benzene rings is 2. The first-order valence-corrected chi connectivity index (χ1v) is 7.71. The van der Waals surface area contributed by atoms with E-state index >= 15 is 0 Å². The van der Waals surface area contributed by atoms with Crippen LogP contribution in [0.1, 0.15) is 10.5 Å². The smallest absolute Gasteiger partial charge is 0.276 e. The number of halogens is 1. The van der Waals surface area contributed by atoms with Crippen molar-refractivity contribution in [2.45, 2.75) is 0 Å². The van der Waals surface area contributed by atoms with E-state index in [1.165, 1.54) is 0 Å². The number of hydrogen-bond donors (Lipinski definition) is 1. The molecule has 0 aliphatic carbocycles. The molecular formula is C18H15ClN4O. The standard InChI is InChI=1S/C18H15ClN4O/c1-23(15-5-3-2-4-6-15)17-12-11-16(21-22-17)18(24)20-14-9-7-13(19)8-10-14/h2-12H,1H3,(H,20,24). The second kappa shape index (κ2) is 7.10. The molecule has 0 aliphatic rings. The Hall–Kier alpha value is -2.92. The lowest BCUT2D eigenvalue weighted by Crippen LogP contribution is -2.16. The lowest BCUT2D eigenvalue weighted by atomic mass is 10.3. The van der Waals surface area contributed by atoms with Gasteiger partial charge >= 0.3 is 0 Å². The minimum absolute atomic E-state index is 0.246. The molecule has 0 saturated heterocycles. The van der Waals surface area contributed by atoms with Crippen LogP contribution < -0.4 is 10.2 Å². The van der Waals surface area contributed by atoms with Gasteiger partial charge in [-0.15, -0.1) is 10.2 Å². The van der Waals surface area contributed by atoms with Crippen molar-refractivity contribution in [3.05, 3.63) is 77.4 Å². The highest BCUT2D eigenvalue weighted by molar-refractivity contribution is 6.30. The van der Waals surface area contributed by atoms with Crippen LogP contribution in [0.5, 0.6) is 0 Å². The third-order valence-electron chi connectivity index (χ3n) is 3.47.